The van der Waals surface area contributed by atoms with Gasteiger partial charge >= 0.3 is 5.69 Å². The van der Waals surface area contributed by atoms with E-state index in [4.69, 9.17) is 26.8 Å². The second-order valence-corrected chi connectivity index (χ2v) is 6.70. The summed E-state index contributed by atoms with van der Waals surface area (Å²) in [4.78, 5) is 36.2. The van der Waals surface area contributed by atoms with Gasteiger partial charge in [0.15, 0.2) is 17.2 Å². The average Bonchev–Trinajstić information content (AvgIpc) is 3.08. The van der Waals surface area contributed by atoms with E-state index in [1.165, 1.54) is 18.8 Å². The maximum absolute atomic E-state index is 12.7. The van der Waals surface area contributed by atoms with E-state index in [-0.39, 0.29) is 22.7 Å². The van der Waals surface area contributed by atoms with Crippen LogP contribution in [0.4, 0.5) is 0 Å². The number of carbonyl (C=O) groups is 1. The average molecular weight is 426 g/mol. The number of fused-ring (bicyclic) bond motifs is 1. The molecule has 0 bridgehead atoms. The van der Waals surface area contributed by atoms with E-state index in [2.05, 4.69) is 15.0 Å². The van der Waals surface area contributed by atoms with Gasteiger partial charge in [0, 0.05) is 11.1 Å². The number of aromatic amines is 1. The molecule has 0 saturated heterocycles. The fourth-order valence-electron chi connectivity index (χ4n) is 3.10. The Balaban J connectivity index is 2.04. The third-order valence-corrected chi connectivity index (χ3v) is 4.76. The summed E-state index contributed by atoms with van der Waals surface area (Å²) in [6.45, 7) is 0. The smallest absolute Gasteiger partial charge is 0.332 e. The molecule has 30 heavy (non-hydrogen) atoms. The predicted molar refractivity (Wildman–Crippen MR) is 112 cm³/mol. The normalized spacial score (nSPS) is 10.9. The second kappa shape index (κ2) is 7.53. The van der Waals surface area contributed by atoms with Crippen LogP contribution in [0.25, 0.3) is 28.2 Å². The highest BCUT2D eigenvalue weighted by molar-refractivity contribution is 6.30. The fourth-order valence-corrected chi connectivity index (χ4v) is 3.22. The summed E-state index contributed by atoms with van der Waals surface area (Å²) in [5.74, 6) is 0.365. The molecular formula is C20H16ClN5O4. The van der Waals surface area contributed by atoms with Gasteiger partial charge in [-0.25, -0.2) is 19.3 Å². The van der Waals surface area contributed by atoms with E-state index in [9.17, 15) is 9.59 Å². The van der Waals surface area contributed by atoms with E-state index in [0.29, 0.717) is 27.8 Å². The minimum Gasteiger partial charge on any atom is -0.497 e. The number of halogens is 1. The molecule has 9 nitrogen and oxygen atoms in total. The highest BCUT2D eigenvalue weighted by Crippen LogP contribution is 2.32. The molecule has 0 aliphatic rings. The summed E-state index contributed by atoms with van der Waals surface area (Å²) in [5, 5.41) is 0.516. The number of nitrogens with zero attached hydrogens (tertiary/aromatic N) is 3. The first-order chi connectivity index (χ1) is 14.4. The molecule has 0 radical (unpaired) electrons. The van der Waals surface area contributed by atoms with Crippen LogP contribution in [0.3, 0.4) is 0 Å². The van der Waals surface area contributed by atoms with Crippen molar-refractivity contribution in [1.29, 1.82) is 0 Å². The molecule has 4 aromatic rings. The predicted octanol–water partition coefficient (Wildman–Crippen LogP) is 2.55. The van der Waals surface area contributed by atoms with Crippen LogP contribution in [0.15, 0.2) is 47.3 Å². The van der Waals surface area contributed by atoms with Crippen LogP contribution in [0, 0.1) is 0 Å². The number of ether oxygens (including phenoxy) is 2. The molecule has 4 rings (SSSR count). The summed E-state index contributed by atoms with van der Waals surface area (Å²) >= 11 is 5.96. The van der Waals surface area contributed by atoms with Crippen molar-refractivity contribution in [1.82, 2.24) is 19.5 Å². The van der Waals surface area contributed by atoms with Gasteiger partial charge in [0.1, 0.15) is 17.0 Å². The van der Waals surface area contributed by atoms with Gasteiger partial charge in [0.05, 0.1) is 25.5 Å². The lowest BCUT2D eigenvalue weighted by Crippen LogP contribution is -2.15. The molecule has 2 heterocycles. The minimum absolute atomic E-state index is 0.113. The molecule has 0 spiro atoms. The topological polar surface area (TPSA) is 125 Å². The molecule has 3 N–H and O–H groups in total. The number of benzene rings is 2. The van der Waals surface area contributed by atoms with E-state index < -0.39 is 11.6 Å². The number of methoxy groups -OCH3 is 2. The molecule has 1 amide bonds. The Kier molecular flexibility index (Phi) is 4.88. The first-order valence-electron chi connectivity index (χ1n) is 8.74. The summed E-state index contributed by atoms with van der Waals surface area (Å²) in [5.41, 5.74) is 6.26. The first kappa shape index (κ1) is 19.5. The van der Waals surface area contributed by atoms with Gasteiger partial charge in [0.25, 0.3) is 5.91 Å². The maximum Gasteiger partial charge on any atom is 0.332 e. The molecular weight excluding hydrogens is 410 g/mol. The van der Waals surface area contributed by atoms with Gasteiger partial charge in [-0.2, -0.15) is 0 Å². The van der Waals surface area contributed by atoms with Crippen molar-refractivity contribution in [2.75, 3.05) is 14.2 Å². The molecule has 152 valence electrons. The molecule has 10 heteroatoms. The highest BCUT2D eigenvalue weighted by Gasteiger charge is 2.21. The molecule has 0 fully saturated rings. The maximum atomic E-state index is 12.7. The van der Waals surface area contributed by atoms with Crippen LogP contribution >= 0.6 is 11.6 Å². The van der Waals surface area contributed by atoms with Gasteiger partial charge in [-0.3, -0.25) is 4.79 Å². The van der Waals surface area contributed by atoms with E-state index in [1.54, 1.807) is 42.5 Å². The van der Waals surface area contributed by atoms with Gasteiger partial charge in [-0.15, -0.1) is 0 Å². The second-order valence-electron chi connectivity index (χ2n) is 6.27. The minimum atomic E-state index is -0.805. The Morgan fingerprint density at radius 2 is 1.83 bits per heavy atom. The number of amides is 1. The summed E-state index contributed by atoms with van der Waals surface area (Å²) in [6, 6.07) is 11.7. The fraction of sp³-hybridized carbons (Fsp3) is 0.100. The van der Waals surface area contributed by atoms with Crippen LogP contribution in [-0.2, 0) is 0 Å². The van der Waals surface area contributed by atoms with E-state index in [1.807, 2.05) is 0 Å². The zero-order chi connectivity index (χ0) is 21.4. The Bertz CT molecular complexity index is 1330. The number of imidazole rings is 1. The van der Waals surface area contributed by atoms with Crippen LogP contribution < -0.4 is 20.9 Å². The first-order valence-corrected chi connectivity index (χ1v) is 9.11. The summed E-state index contributed by atoms with van der Waals surface area (Å²) in [6.07, 6.45) is 0. The van der Waals surface area contributed by atoms with Crippen molar-refractivity contribution in [2.45, 2.75) is 0 Å². The molecule has 2 aromatic carbocycles. The number of nitrogens with one attached hydrogen (secondary N) is 1. The molecule has 0 aliphatic heterocycles. The largest absolute Gasteiger partial charge is 0.497 e. The standard InChI is InChI=1S/C20H16ClN5O4/c1-29-12-7-8-13(14(9-12)30-2)18-23-15(17(22)27)16-19(25-18)26(20(28)24-16)11-5-3-10(21)4-6-11/h3-9H,1-2H3,(H2,22,27)(H,24,28). The third kappa shape index (κ3) is 3.25. The van der Waals surface area contributed by atoms with Crippen molar-refractivity contribution in [3.05, 3.63) is 63.7 Å². The van der Waals surface area contributed by atoms with Crippen molar-refractivity contribution in [3.63, 3.8) is 0 Å². The monoisotopic (exact) mass is 425 g/mol. The van der Waals surface area contributed by atoms with Gasteiger partial charge in [-0.1, -0.05) is 11.6 Å². The van der Waals surface area contributed by atoms with Crippen LogP contribution in [0.5, 0.6) is 11.5 Å². The number of hydrogen-bond acceptors (Lipinski definition) is 6. The molecule has 0 atom stereocenters. The molecule has 0 unspecified atom stereocenters. The lowest BCUT2D eigenvalue weighted by molar-refractivity contribution is 0.0997. The lowest BCUT2D eigenvalue weighted by Gasteiger charge is -2.11. The SMILES string of the molecule is COc1ccc(-c2nc(C(N)=O)c3[nH]c(=O)n(-c4ccc(Cl)cc4)c3n2)c(OC)c1. The van der Waals surface area contributed by atoms with Crippen molar-refractivity contribution in [3.8, 4) is 28.6 Å². The number of primary amides is 1. The number of carbonyl (C=O) groups excluding carboxylic acids is 1. The lowest BCUT2D eigenvalue weighted by atomic mass is 10.1. The number of rotatable bonds is 5. The highest BCUT2D eigenvalue weighted by atomic mass is 35.5. The van der Waals surface area contributed by atoms with Crippen molar-refractivity contribution in [2.24, 2.45) is 5.73 Å². The number of hydrogen-bond donors (Lipinski definition) is 2. The van der Waals surface area contributed by atoms with Crippen LogP contribution in [0.2, 0.25) is 5.02 Å². The van der Waals surface area contributed by atoms with Gasteiger partial charge in [0.2, 0.25) is 0 Å². The van der Waals surface area contributed by atoms with Crippen molar-refractivity contribution >= 4 is 28.7 Å². The summed E-state index contributed by atoms with van der Waals surface area (Å²) < 4.78 is 12.0. The molecule has 0 aliphatic carbocycles. The Morgan fingerprint density at radius 3 is 2.47 bits per heavy atom. The zero-order valence-corrected chi connectivity index (χ0v) is 16.7. The van der Waals surface area contributed by atoms with E-state index >= 15 is 0 Å². The van der Waals surface area contributed by atoms with Crippen LogP contribution in [-0.4, -0.2) is 39.6 Å². The quantitative estimate of drug-likeness (QED) is 0.506. The Labute approximate surface area is 175 Å². The third-order valence-electron chi connectivity index (χ3n) is 4.50. The molecule has 0 saturated carbocycles. The zero-order valence-electron chi connectivity index (χ0n) is 16.0. The Morgan fingerprint density at radius 1 is 1.10 bits per heavy atom. The number of aromatic nitrogens is 4. The Hall–Kier alpha value is -3.85. The van der Waals surface area contributed by atoms with E-state index in [0.717, 1.165) is 0 Å². The van der Waals surface area contributed by atoms with Gasteiger partial charge in [-0.05, 0) is 36.4 Å². The van der Waals surface area contributed by atoms with Crippen molar-refractivity contribution < 1.29 is 14.3 Å². The summed E-state index contributed by atoms with van der Waals surface area (Å²) in [7, 11) is 3.03. The van der Waals surface area contributed by atoms with Gasteiger partial charge < -0.3 is 20.2 Å². The number of nitrogens with two attached hydrogens (primary N) is 1. The molecule has 2 aromatic heterocycles. The van der Waals surface area contributed by atoms with Crippen LogP contribution in [0.1, 0.15) is 10.5 Å². The number of H-pyrrole nitrogens is 1.